The fourth-order valence-electron chi connectivity index (χ4n) is 3.51. The van der Waals surface area contributed by atoms with Crippen molar-refractivity contribution >= 4 is 12.1 Å². The molecule has 0 saturated carbocycles. The molecule has 1 aliphatic rings. The summed E-state index contributed by atoms with van der Waals surface area (Å²) in [4.78, 5) is 26.5. The van der Waals surface area contributed by atoms with Crippen LogP contribution in [0.25, 0.3) is 0 Å². The van der Waals surface area contributed by atoms with Crippen LogP contribution in [0.1, 0.15) is 18.9 Å². The summed E-state index contributed by atoms with van der Waals surface area (Å²) < 4.78 is 10.3. The Morgan fingerprint density at radius 2 is 2.04 bits per heavy atom. The number of methoxy groups -OCH3 is 1. The number of rotatable bonds is 7. The van der Waals surface area contributed by atoms with Crippen LogP contribution in [0.4, 0.5) is 4.79 Å². The van der Waals surface area contributed by atoms with E-state index in [2.05, 4.69) is 13.2 Å². The number of likely N-dealkylation sites (tertiary alicyclic amines) is 1. The lowest BCUT2D eigenvalue weighted by molar-refractivity contribution is -0.147. The van der Waals surface area contributed by atoms with E-state index in [1.54, 1.807) is 0 Å². The Morgan fingerprint density at radius 3 is 2.59 bits per heavy atom. The first-order valence-electron chi connectivity index (χ1n) is 8.90. The van der Waals surface area contributed by atoms with E-state index in [4.69, 9.17) is 9.47 Å². The number of benzene rings is 1. The number of esters is 1. The van der Waals surface area contributed by atoms with Crippen molar-refractivity contribution < 1.29 is 24.2 Å². The van der Waals surface area contributed by atoms with Crippen LogP contribution in [0.2, 0.25) is 0 Å². The van der Waals surface area contributed by atoms with Crippen LogP contribution < -0.4 is 0 Å². The number of aliphatic hydroxyl groups excluding tert-OH is 1. The second-order valence-electron chi connectivity index (χ2n) is 6.82. The molecule has 2 rings (SSSR count). The predicted molar refractivity (Wildman–Crippen MR) is 102 cm³/mol. The summed E-state index contributed by atoms with van der Waals surface area (Å²) in [6.45, 7) is 9.83. The predicted octanol–water partition coefficient (Wildman–Crippen LogP) is 2.93. The van der Waals surface area contributed by atoms with Gasteiger partial charge in [-0.15, -0.1) is 6.58 Å². The molecule has 0 spiro atoms. The largest absolute Gasteiger partial charge is 0.467 e. The van der Waals surface area contributed by atoms with Crippen LogP contribution in [-0.2, 0) is 20.9 Å². The maximum atomic E-state index is 12.7. The molecule has 6 heteroatoms. The molecule has 1 N–H and O–H groups in total. The van der Waals surface area contributed by atoms with Gasteiger partial charge >= 0.3 is 12.1 Å². The van der Waals surface area contributed by atoms with E-state index in [0.717, 1.165) is 11.1 Å². The number of aliphatic hydroxyl groups is 1. The molecule has 1 aromatic rings. The van der Waals surface area contributed by atoms with Gasteiger partial charge in [0.2, 0.25) is 0 Å². The van der Waals surface area contributed by atoms with Gasteiger partial charge in [0, 0.05) is 18.4 Å². The average Bonchev–Trinajstić information content (AvgIpc) is 3.05. The molecule has 27 heavy (non-hydrogen) atoms. The zero-order valence-electron chi connectivity index (χ0n) is 15.8. The minimum atomic E-state index is -0.838. The lowest BCUT2D eigenvalue weighted by atomic mass is 9.82. The van der Waals surface area contributed by atoms with Crippen molar-refractivity contribution in [1.82, 2.24) is 4.90 Å². The molecule has 0 bridgehead atoms. The Morgan fingerprint density at radius 1 is 1.37 bits per heavy atom. The minimum Gasteiger partial charge on any atom is -0.467 e. The zero-order chi connectivity index (χ0) is 20.0. The molecular formula is C21H27NO5. The topological polar surface area (TPSA) is 76.1 Å². The van der Waals surface area contributed by atoms with Crippen molar-refractivity contribution in [2.24, 2.45) is 11.8 Å². The number of amides is 1. The standard InChI is InChI=1S/C21H27NO5/c1-5-16(23)11-17-18(14(2)3)12-22(19(17)20(24)26-4)21(25)27-13-15-9-7-6-8-10-15/h5-10,16-19,23H,1-2,11-13H2,3-4H3/t16-,17+,18-,19-/m1/s1. The molecule has 0 radical (unpaired) electrons. The molecule has 1 fully saturated rings. The molecule has 1 aromatic carbocycles. The van der Waals surface area contributed by atoms with Gasteiger partial charge in [-0.2, -0.15) is 0 Å². The fourth-order valence-corrected chi connectivity index (χ4v) is 3.51. The van der Waals surface area contributed by atoms with E-state index in [1.807, 2.05) is 37.3 Å². The number of hydrogen-bond donors (Lipinski definition) is 1. The molecule has 1 saturated heterocycles. The molecule has 1 heterocycles. The van der Waals surface area contributed by atoms with Crippen molar-refractivity contribution in [2.75, 3.05) is 13.7 Å². The van der Waals surface area contributed by atoms with Crippen molar-refractivity contribution in [3.8, 4) is 0 Å². The number of carbonyl (C=O) groups is 2. The number of hydrogen-bond acceptors (Lipinski definition) is 5. The molecule has 146 valence electrons. The highest BCUT2D eigenvalue weighted by Gasteiger charge is 2.49. The molecule has 1 amide bonds. The first-order valence-corrected chi connectivity index (χ1v) is 8.90. The fraction of sp³-hybridized carbons (Fsp3) is 0.429. The molecule has 0 unspecified atom stereocenters. The van der Waals surface area contributed by atoms with E-state index in [-0.39, 0.29) is 31.4 Å². The number of nitrogens with zero attached hydrogens (tertiary/aromatic N) is 1. The van der Waals surface area contributed by atoms with Crippen molar-refractivity contribution in [2.45, 2.75) is 32.1 Å². The second kappa shape index (κ2) is 9.37. The van der Waals surface area contributed by atoms with Gasteiger partial charge in [-0.05, 0) is 18.9 Å². The molecule has 6 nitrogen and oxygen atoms in total. The summed E-state index contributed by atoms with van der Waals surface area (Å²) >= 11 is 0. The Hall–Kier alpha value is -2.60. The highest BCUT2D eigenvalue weighted by molar-refractivity contribution is 5.82. The summed E-state index contributed by atoms with van der Waals surface area (Å²) in [5.41, 5.74) is 1.69. The van der Waals surface area contributed by atoms with Gasteiger partial charge in [-0.3, -0.25) is 4.90 Å². The third-order valence-corrected chi connectivity index (χ3v) is 4.95. The van der Waals surface area contributed by atoms with E-state index in [1.165, 1.54) is 18.1 Å². The van der Waals surface area contributed by atoms with Crippen LogP contribution in [0.5, 0.6) is 0 Å². The Bertz CT molecular complexity index is 687. The maximum Gasteiger partial charge on any atom is 0.410 e. The zero-order valence-corrected chi connectivity index (χ0v) is 15.8. The van der Waals surface area contributed by atoms with E-state index in [9.17, 15) is 14.7 Å². The monoisotopic (exact) mass is 373 g/mol. The molecule has 4 atom stereocenters. The third kappa shape index (κ3) is 4.98. The minimum absolute atomic E-state index is 0.113. The van der Waals surface area contributed by atoms with Gasteiger partial charge in [-0.25, -0.2) is 9.59 Å². The average molecular weight is 373 g/mol. The summed E-state index contributed by atoms with van der Waals surface area (Å²) in [5, 5.41) is 10.0. The van der Waals surface area contributed by atoms with Crippen LogP contribution in [0.15, 0.2) is 55.1 Å². The van der Waals surface area contributed by atoms with Gasteiger partial charge in [0.25, 0.3) is 0 Å². The summed E-state index contributed by atoms with van der Waals surface area (Å²) in [6.07, 6.45) is 0.323. The highest BCUT2D eigenvalue weighted by atomic mass is 16.6. The lowest BCUT2D eigenvalue weighted by Gasteiger charge is -2.27. The molecule has 0 aromatic heterocycles. The van der Waals surface area contributed by atoms with Crippen molar-refractivity contribution in [1.29, 1.82) is 0 Å². The summed E-state index contributed by atoms with van der Waals surface area (Å²) in [6, 6.07) is 8.48. The van der Waals surface area contributed by atoms with E-state index in [0.29, 0.717) is 0 Å². The maximum absolute atomic E-state index is 12.7. The van der Waals surface area contributed by atoms with Crippen LogP contribution in [0, 0.1) is 11.8 Å². The molecular weight excluding hydrogens is 346 g/mol. The quantitative estimate of drug-likeness (QED) is 0.587. The van der Waals surface area contributed by atoms with E-state index >= 15 is 0 Å². The highest BCUT2D eigenvalue weighted by Crippen LogP contribution is 2.38. The number of carbonyl (C=O) groups excluding carboxylic acids is 2. The number of ether oxygens (including phenoxy) is 2. The van der Waals surface area contributed by atoms with Gasteiger partial charge in [0.05, 0.1) is 13.2 Å². The SMILES string of the molecule is C=C[C@@H](O)C[C@H]1[C@@H](C(=C)C)CN(C(=O)OCc2ccccc2)[C@H]1C(=O)OC. The first kappa shape index (κ1) is 20.7. The third-order valence-electron chi connectivity index (χ3n) is 4.95. The van der Waals surface area contributed by atoms with Crippen molar-refractivity contribution in [3.63, 3.8) is 0 Å². The van der Waals surface area contributed by atoms with Gasteiger partial charge < -0.3 is 14.6 Å². The molecule has 1 aliphatic heterocycles. The van der Waals surface area contributed by atoms with Crippen molar-refractivity contribution in [3.05, 3.63) is 60.7 Å². The Kier molecular flexibility index (Phi) is 7.19. The van der Waals surface area contributed by atoms with Gasteiger partial charge in [0.1, 0.15) is 12.6 Å². The van der Waals surface area contributed by atoms with E-state index < -0.39 is 24.2 Å². The van der Waals surface area contributed by atoms with Crippen LogP contribution >= 0.6 is 0 Å². The summed E-state index contributed by atoms with van der Waals surface area (Å²) in [7, 11) is 1.28. The first-order chi connectivity index (χ1) is 12.9. The van der Waals surface area contributed by atoms with Gasteiger partial charge in [-0.1, -0.05) is 48.6 Å². The normalized spacial score (nSPS) is 22.8. The Labute approximate surface area is 160 Å². The Balaban J connectivity index is 2.21. The summed E-state index contributed by atoms with van der Waals surface area (Å²) in [5.74, 6) is -1.00. The van der Waals surface area contributed by atoms with Crippen LogP contribution in [-0.4, -0.2) is 47.9 Å². The smallest absolute Gasteiger partial charge is 0.410 e. The lowest BCUT2D eigenvalue weighted by Crippen LogP contribution is -2.44. The second-order valence-corrected chi connectivity index (χ2v) is 6.82. The van der Waals surface area contributed by atoms with Crippen LogP contribution in [0.3, 0.4) is 0 Å². The van der Waals surface area contributed by atoms with Gasteiger partial charge in [0.15, 0.2) is 0 Å². The molecule has 0 aliphatic carbocycles.